The van der Waals surface area contributed by atoms with Gasteiger partial charge in [-0.2, -0.15) is 0 Å². The van der Waals surface area contributed by atoms with Gasteiger partial charge in [0.2, 0.25) is 0 Å². The molecule has 0 bridgehead atoms. The van der Waals surface area contributed by atoms with E-state index in [1.54, 1.807) is 0 Å². The zero-order chi connectivity index (χ0) is 10.9. The molecule has 3 nitrogen and oxygen atoms in total. The molecule has 0 unspecified atom stereocenters. The van der Waals surface area contributed by atoms with E-state index in [0.29, 0.717) is 6.54 Å². The number of sulfone groups is 1. The number of rotatable bonds is 9. The number of hydrogen-bond donors (Lipinski definition) is 1. The summed E-state index contributed by atoms with van der Waals surface area (Å²) in [6, 6.07) is 0. The summed E-state index contributed by atoms with van der Waals surface area (Å²) in [5.41, 5.74) is 0. The van der Waals surface area contributed by atoms with Crippen LogP contribution in [-0.2, 0) is 9.84 Å². The summed E-state index contributed by atoms with van der Waals surface area (Å²) in [4.78, 5) is 0. The molecule has 86 valence electrons. The van der Waals surface area contributed by atoms with E-state index in [0.717, 1.165) is 13.0 Å². The summed E-state index contributed by atoms with van der Waals surface area (Å²) < 4.78 is 21.5. The van der Waals surface area contributed by atoms with E-state index in [9.17, 15) is 8.42 Å². The molecule has 0 heterocycles. The second-order valence-corrected chi connectivity index (χ2v) is 6.05. The fourth-order valence-corrected chi connectivity index (χ4v) is 1.75. The highest BCUT2D eigenvalue weighted by Gasteiger charge is 1.99. The zero-order valence-electron chi connectivity index (χ0n) is 9.38. The average Bonchev–Trinajstić information content (AvgIpc) is 2.08. The second-order valence-electron chi connectivity index (χ2n) is 3.79. The Kier molecular flexibility index (Phi) is 8.18. The van der Waals surface area contributed by atoms with Crippen LogP contribution in [0.15, 0.2) is 0 Å². The highest BCUT2D eigenvalue weighted by molar-refractivity contribution is 7.90. The summed E-state index contributed by atoms with van der Waals surface area (Å²) in [6.45, 7) is 3.73. The smallest absolute Gasteiger partial charge is 0.148 e. The van der Waals surface area contributed by atoms with Crippen molar-refractivity contribution in [1.82, 2.24) is 5.32 Å². The molecule has 0 rings (SSSR count). The minimum Gasteiger partial charge on any atom is -0.316 e. The SMILES string of the molecule is CCCCCCCNCCS(C)(=O)=O. The lowest BCUT2D eigenvalue weighted by atomic mass is 10.1. The van der Waals surface area contributed by atoms with Gasteiger partial charge in [-0.3, -0.25) is 0 Å². The number of nitrogens with one attached hydrogen (secondary N) is 1. The van der Waals surface area contributed by atoms with E-state index in [1.807, 2.05) is 0 Å². The Hall–Kier alpha value is -0.0900. The maximum atomic E-state index is 10.8. The molecule has 0 aliphatic heterocycles. The van der Waals surface area contributed by atoms with Crippen LogP contribution in [0.1, 0.15) is 39.0 Å². The average molecular weight is 221 g/mol. The van der Waals surface area contributed by atoms with Gasteiger partial charge in [0.25, 0.3) is 0 Å². The Morgan fingerprint density at radius 2 is 1.64 bits per heavy atom. The van der Waals surface area contributed by atoms with Gasteiger partial charge in [-0.15, -0.1) is 0 Å². The summed E-state index contributed by atoms with van der Waals surface area (Å²) in [7, 11) is -2.79. The van der Waals surface area contributed by atoms with Gasteiger partial charge < -0.3 is 5.32 Å². The largest absolute Gasteiger partial charge is 0.316 e. The van der Waals surface area contributed by atoms with Crippen LogP contribution in [0.4, 0.5) is 0 Å². The van der Waals surface area contributed by atoms with Gasteiger partial charge in [0.15, 0.2) is 0 Å². The molecule has 0 atom stereocenters. The van der Waals surface area contributed by atoms with Crippen molar-refractivity contribution in [3.8, 4) is 0 Å². The van der Waals surface area contributed by atoms with E-state index in [-0.39, 0.29) is 5.75 Å². The standard InChI is InChI=1S/C10H23NO2S/c1-3-4-5-6-7-8-11-9-10-14(2,12)13/h11H,3-10H2,1-2H3. The van der Waals surface area contributed by atoms with Gasteiger partial charge in [-0.25, -0.2) is 8.42 Å². The van der Waals surface area contributed by atoms with Gasteiger partial charge in [0.1, 0.15) is 9.84 Å². The first kappa shape index (κ1) is 13.9. The third kappa shape index (κ3) is 11.9. The normalized spacial score (nSPS) is 11.9. The first-order chi connectivity index (χ1) is 6.56. The Morgan fingerprint density at radius 3 is 2.21 bits per heavy atom. The minimum atomic E-state index is -2.79. The first-order valence-electron chi connectivity index (χ1n) is 5.44. The fraction of sp³-hybridized carbons (Fsp3) is 1.00. The Bertz CT molecular complexity index is 212. The molecule has 4 heteroatoms. The van der Waals surface area contributed by atoms with Crippen molar-refractivity contribution in [1.29, 1.82) is 0 Å². The van der Waals surface area contributed by atoms with Gasteiger partial charge in [-0.1, -0.05) is 32.6 Å². The Labute approximate surface area is 88.2 Å². The van der Waals surface area contributed by atoms with Crippen molar-refractivity contribution in [2.45, 2.75) is 39.0 Å². The van der Waals surface area contributed by atoms with E-state index in [2.05, 4.69) is 12.2 Å². The predicted molar refractivity (Wildman–Crippen MR) is 61.3 cm³/mol. The van der Waals surface area contributed by atoms with Crippen LogP contribution in [0.25, 0.3) is 0 Å². The highest BCUT2D eigenvalue weighted by atomic mass is 32.2. The molecule has 0 fully saturated rings. The molecule has 1 N–H and O–H groups in total. The lowest BCUT2D eigenvalue weighted by Gasteiger charge is -2.03. The molecule has 0 aromatic rings. The molecular weight excluding hydrogens is 198 g/mol. The van der Waals surface area contributed by atoms with Crippen LogP contribution < -0.4 is 5.32 Å². The van der Waals surface area contributed by atoms with Gasteiger partial charge in [-0.05, 0) is 13.0 Å². The van der Waals surface area contributed by atoms with Crippen molar-refractivity contribution in [2.24, 2.45) is 0 Å². The van der Waals surface area contributed by atoms with Crippen molar-refractivity contribution < 1.29 is 8.42 Å². The van der Waals surface area contributed by atoms with Crippen molar-refractivity contribution in [3.05, 3.63) is 0 Å². The Morgan fingerprint density at radius 1 is 1.00 bits per heavy atom. The molecule has 0 radical (unpaired) electrons. The molecule has 0 saturated heterocycles. The van der Waals surface area contributed by atoms with E-state index in [1.165, 1.54) is 31.9 Å². The molecule has 0 aliphatic rings. The Balaban J connectivity index is 3.07. The maximum absolute atomic E-state index is 10.8. The van der Waals surface area contributed by atoms with Gasteiger partial charge in [0.05, 0.1) is 5.75 Å². The highest BCUT2D eigenvalue weighted by Crippen LogP contribution is 2.00. The van der Waals surface area contributed by atoms with E-state index >= 15 is 0 Å². The lowest BCUT2D eigenvalue weighted by Crippen LogP contribution is -2.23. The van der Waals surface area contributed by atoms with Crippen LogP contribution >= 0.6 is 0 Å². The zero-order valence-corrected chi connectivity index (χ0v) is 10.2. The van der Waals surface area contributed by atoms with Crippen LogP contribution in [0.3, 0.4) is 0 Å². The predicted octanol–water partition coefficient (Wildman–Crippen LogP) is 1.59. The summed E-state index contributed by atoms with van der Waals surface area (Å²) in [6.07, 6.45) is 7.55. The number of unbranched alkanes of at least 4 members (excludes halogenated alkanes) is 4. The monoisotopic (exact) mass is 221 g/mol. The molecule has 0 aliphatic carbocycles. The van der Waals surface area contributed by atoms with Crippen LogP contribution in [-0.4, -0.2) is 33.5 Å². The molecule has 14 heavy (non-hydrogen) atoms. The van der Waals surface area contributed by atoms with E-state index < -0.39 is 9.84 Å². The molecule has 0 spiro atoms. The first-order valence-corrected chi connectivity index (χ1v) is 7.50. The quantitative estimate of drug-likeness (QED) is 0.601. The fourth-order valence-electron chi connectivity index (χ4n) is 1.24. The maximum Gasteiger partial charge on any atom is 0.148 e. The van der Waals surface area contributed by atoms with Crippen molar-refractivity contribution in [3.63, 3.8) is 0 Å². The lowest BCUT2D eigenvalue weighted by molar-refractivity contribution is 0.581. The molecule has 0 aromatic carbocycles. The van der Waals surface area contributed by atoms with Crippen LogP contribution in [0.5, 0.6) is 0 Å². The summed E-state index contributed by atoms with van der Waals surface area (Å²) >= 11 is 0. The molecule has 0 amide bonds. The molecule has 0 saturated carbocycles. The minimum absolute atomic E-state index is 0.252. The second kappa shape index (κ2) is 8.24. The topological polar surface area (TPSA) is 46.2 Å². The van der Waals surface area contributed by atoms with Gasteiger partial charge >= 0.3 is 0 Å². The molecular formula is C10H23NO2S. The summed E-state index contributed by atoms with van der Waals surface area (Å²) in [5.74, 6) is 0.252. The third-order valence-corrected chi connectivity index (χ3v) is 3.05. The van der Waals surface area contributed by atoms with E-state index in [4.69, 9.17) is 0 Å². The third-order valence-electron chi connectivity index (χ3n) is 2.11. The van der Waals surface area contributed by atoms with Crippen molar-refractivity contribution in [2.75, 3.05) is 25.1 Å². The summed E-state index contributed by atoms with van der Waals surface area (Å²) in [5, 5.41) is 3.14. The van der Waals surface area contributed by atoms with Gasteiger partial charge in [0, 0.05) is 12.8 Å². The molecule has 0 aromatic heterocycles. The van der Waals surface area contributed by atoms with Crippen molar-refractivity contribution >= 4 is 9.84 Å². The van der Waals surface area contributed by atoms with Crippen LogP contribution in [0.2, 0.25) is 0 Å². The number of hydrogen-bond acceptors (Lipinski definition) is 3. The van der Waals surface area contributed by atoms with Crippen LogP contribution in [0, 0.1) is 0 Å².